The van der Waals surface area contributed by atoms with E-state index in [-0.39, 0.29) is 36.6 Å². The number of benzene rings is 4. The van der Waals surface area contributed by atoms with E-state index in [1.165, 1.54) is 60.4 Å². The topological polar surface area (TPSA) is 99.6 Å². The van der Waals surface area contributed by atoms with Crippen molar-refractivity contribution in [1.29, 1.82) is 0 Å². The van der Waals surface area contributed by atoms with Gasteiger partial charge in [-0.2, -0.15) is 0 Å². The third-order valence-corrected chi connectivity index (χ3v) is 12.9. The fourth-order valence-electron chi connectivity index (χ4n) is 9.91. The van der Waals surface area contributed by atoms with E-state index in [0.29, 0.717) is 13.2 Å². The van der Waals surface area contributed by atoms with Gasteiger partial charge in [0.1, 0.15) is 36.6 Å². The van der Waals surface area contributed by atoms with Gasteiger partial charge in [-0.05, 0) is 89.4 Å². The number of rotatable bonds is 14. The summed E-state index contributed by atoms with van der Waals surface area (Å²) in [7, 11) is 0. The van der Waals surface area contributed by atoms with Gasteiger partial charge in [-0.3, -0.25) is 0 Å². The van der Waals surface area contributed by atoms with Crippen molar-refractivity contribution >= 4 is 43.4 Å². The Morgan fingerprint density at radius 2 is 0.859 bits per heavy atom. The number of fused-ring (bicyclic) bond motifs is 8. The highest BCUT2D eigenvalue weighted by Crippen LogP contribution is 2.49. The lowest BCUT2D eigenvalue weighted by molar-refractivity contribution is -0.235. The normalized spacial score (nSPS) is 26.8. The molecule has 2 aromatic heterocycles. The minimum atomic E-state index is -0.676. The summed E-state index contributed by atoms with van der Waals surface area (Å²) >= 11 is 0. The van der Waals surface area contributed by atoms with Crippen LogP contribution >= 0.6 is 0 Å². The molecule has 0 aliphatic carbocycles. The quantitative estimate of drug-likeness (QED) is 0.0777. The molecule has 10 heteroatoms. The molecule has 4 aliphatic rings. The SMILES string of the molecule is CCCCCCO[C@@H]1O[C@H](c2nc3ccc(C)cc3c3ccccc23)[C@H]2OC(C)(C)O[C@@H]12.CCCCCCO[C@@H]1O[C@H](c2nc3ccc(C)cc3c3ccccc23)[C@H]2OC(C)(C)O[C@@H]12. The average Bonchev–Trinajstić information content (AvgIpc) is 3.99. The van der Waals surface area contributed by atoms with Crippen LogP contribution < -0.4 is 0 Å². The van der Waals surface area contributed by atoms with Crippen LogP contribution in [0.5, 0.6) is 0 Å². The molecule has 0 N–H and O–H groups in total. The van der Waals surface area contributed by atoms with Gasteiger partial charge in [-0.15, -0.1) is 0 Å². The lowest BCUT2D eigenvalue weighted by Crippen LogP contribution is -2.31. The van der Waals surface area contributed by atoms with Crippen LogP contribution in [0.1, 0.15) is 128 Å². The average molecular weight is 871 g/mol. The molecule has 10 nitrogen and oxygen atoms in total. The molecular formula is C54H66N2O8. The maximum Gasteiger partial charge on any atom is 0.187 e. The third kappa shape index (κ3) is 9.31. The highest BCUT2D eigenvalue weighted by atomic mass is 16.8. The second-order valence-electron chi connectivity index (χ2n) is 19.0. The summed E-state index contributed by atoms with van der Waals surface area (Å²) < 4.78 is 50.4. The molecule has 64 heavy (non-hydrogen) atoms. The number of pyridine rings is 2. The van der Waals surface area contributed by atoms with E-state index < -0.39 is 24.2 Å². The highest BCUT2D eigenvalue weighted by molar-refractivity contribution is 6.08. The fraction of sp³-hybridized carbons (Fsp3) is 0.519. The van der Waals surface area contributed by atoms with E-state index in [0.717, 1.165) is 56.8 Å². The van der Waals surface area contributed by atoms with Gasteiger partial charge in [0.05, 0.1) is 22.4 Å². The summed E-state index contributed by atoms with van der Waals surface area (Å²) in [6.07, 6.45) is 6.58. The lowest BCUT2D eigenvalue weighted by atomic mass is 9.98. The predicted molar refractivity (Wildman–Crippen MR) is 251 cm³/mol. The molecule has 10 rings (SSSR count). The molecule has 4 aliphatic heterocycles. The van der Waals surface area contributed by atoms with Crippen LogP contribution in [0.25, 0.3) is 43.4 Å². The predicted octanol–water partition coefficient (Wildman–Crippen LogP) is 12.4. The van der Waals surface area contributed by atoms with Gasteiger partial charge in [-0.1, -0.05) is 124 Å². The van der Waals surface area contributed by atoms with Gasteiger partial charge in [0.25, 0.3) is 0 Å². The van der Waals surface area contributed by atoms with Crippen molar-refractivity contribution in [2.24, 2.45) is 0 Å². The molecule has 8 atom stereocenters. The largest absolute Gasteiger partial charge is 0.350 e. The highest BCUT2D eigenvalue weighted by Gasteiger charge is 2.58. The molecule has 6 heterocycles. The molecule has 6 aromatic rings. The molecular weight excluding hydrogens is 805 g/mol. The Bertz CT molecular complexity index is 2400. The Balaban J connectivity index is 0.000000162. The van der Waals surface area contributed by atoms with Crippen molar-refractivity contribution in [3.05, 3.63) is 107 Å². The number of ether oxygens (including phenoxy) is 8. The molecule has 0 bridgehead atoms. The fourth-order valence-corrected chi connectivity index (χ4v) is 9.91. The summed E-state index contributed by atoms with van der Waals surface area (Å²) in [5.41, 5.74) is 6.16. The summed E-state index contributed by atoms with van der Waals surface area (Å²) in [6.45, 7) is 17.8. The van der Waals surface area contributed by atoms with Crippen molar-refractivity contribution in [3.8, 4) is 0 Å². The van der Waals surface area contributed by atoms with Crippen LogP contribution in [-0.2, 0) is 37.9 Å². The van der Waals surface area contributed by atoms with Gasteiger partial charge < -0.3 is 37.9 Å². The standard InChI is InChI=1S/2C27H33NO4/c2*1-5-6-7-10-15-29-26-25-24(31-27(3,4)32-25)23(30-26)22-19-12-9-8-11-18(19)20-16-17(2)13-14-21(20)28-22/h2*8-9,11-14,16,23-26H,5-7,10,15H2,1-4H3/t2*23-,24-,25-,26-/m11/s1. The van der Waals surface area contributed by atoms with E-state index in [9.17, 15) is 0 Å². The summed E-state index contributed by atoms with van der Waals surface area (Å²) in [6, 6.07) is 29.6. The maximum absolute atomic E-state index is 6.46. The molecule has 4 saturated heterocycles. The minimum absolute atomic E-state index is 0.260. The molecule has 0 amide bonds. The monoisotopic (exact) mass is 870 g/mol. The van der Waals surface area contributed by atoms with Crippen LogP contribution in [0.3, 0.4) is 0 Å². The van der Waals surface area contributed by atoms with E-state index in [4.69, 9.17) is 47.9 Å². The molecule has 4 aromatic carbocycles. The molecule has 0 spiro atoms. The number of aromatic nitrogens is 2. The van der Waals surface area contributed by atoms with E-state index >= 15 is 0 Å². The van der Waals surface area contributed by atoms with Crippen LogP contribution in [0.2, 0.25) is 0 Å². The number of aryl methyl sites for hydroxylation is 2. The Morgan fingerprint density at radius 3 is 1.27 bits per heavy atom. The van der Waals surface area contributed by atoms with Crippen LogP contribution in [0.15, 0.2) is 84.9 Å². The van der Waals surface area contributed by atoms with Crippen molar-refractivity contribution < 1.29 is 37.9 Å². The molecule has 340 valence electrons. The smallest absolute Gasteiger partial charge is 0.187 e. The van der Waals surface area contributed by atoms with Gasteiger partial charge in [0.2, 0.25) is 0 Å². The van der Waals surface area contributed by atoms with Gasteiger partial charge >= 0.3 is 0 Å². The zero-order valence-electron chi connectivity index (χ0n) is 38.9. The molecule has 0 radical (unpaired) electrons. The zero-order chi connectivity index (χ0) is 44.6. The number of unbranched alkanes of at least 4 members (excludes halogenated alkanes) is 6. The number of hydrogen-bond acceptors (Lipinski definition) is 10. The Morgan fingerprint density at radius 1 is 0.469 bits per heavy atom. The maximum atomic E-state index is 6.46. The number of hydrogen-bond donors (Lipinski definition) is 0. The Hall–Kier alpha value is -4.10. The first-order chi connectivity index (χ1) is 30.9. The van der Waals surface area contributed by atoms with E-state index in [1.807, 2.05) is 27.7 Å². The van der Waals surface area contributed by atoms with Crippen LogP contribution in [0.4, 0.5) is 0 Å². The van der Waals surface area contributed by atoms with Crippen molar-refractivity contribution in [1.82, 2.24) is 9.97 Å². The van der Waals surface area contributed by atoms with Crippen molar-refractivity contribution in [3.63, 3.8) is 0 Å². The van der Waals surface area contributed by atoms with Gasteiger partial charge in [0, 0.05) is 34.8 Å². The summed E-state index contributed by atoms with van der Waals surface area (Å²) in [5, 5.41) is 6.85. The first-order valence-electron chi connectivity index (χ1n) is 23.8. The first-order valence-corrected chi connectivity index (χ1v) is 23.8. The lowest BCUT2D eigenvalue weighted by Gasteiger charge is -2.25. The van der Waals surface area contributed by atoms with Gasteiger partial charge in [-0.25, -0.2) is 9.97 Å². The van der Waals surface area contributed by atoms with Crippen molar-refractivity contribution in [2.45, 2.75) is 168 Å². The zero-order valence-corrected chi connectivity index (χ0v) is 38.9. The first kappa shape index (κ1) is 45.1. The third-order valence-electron chi connectivity index (χ3n) is 12.9. The van der Waals surface area contributed by atoms with Crippen LogP contribution in [-0.4, -0.2) is 71.8 Å². The van der Waals surface area contributed by atoms with Crippen LogP contribution in [0, 0.1) is 13.8 Å². The molecule has 0 saturated carbocycles. The second-order valence-corrected chi connectivity index (χ2v) is 19.0. The Kier molecular flexibility index (Phi) is 13.4. The molecule has 0 unspecified atom stereocenters. The second kappa shape index (κ2) is 19.0. The van der Waals surface area contributed by atoms with Gasteiger partial charge in [0.15, 0.2) is 24.2 Å². The van der Waals surface area contributed by atoms with E-state index in [2.05, 4.69) is 113 Å². The van der Waals surface area contributed by atoms with Crippen molar-refractivity contribution in [2.75, 3.05) is 13.2 Å². The Labute approximate surface area is 378 Å². The summed E-state index contributed by atoms with van der Waals surface area (Å²) in [5.74, 6) is -1.35. The minimum Gasteiger partial charge on any atom is -0.350 e. The summed E-state index contributed by atoms with van der Waals surface area (Å²) in [4.78, 5) is 10.1. The number of nitrogens with zero attached hydrogens (tertiary/aromatic N) is 2. The molecule has 4 fully saturated rings. The van der Waals surface area contributed by atoms with E-state index in [1.54, 1.807) is 0 Å².